The van der Waals surface area contributed by atoms with Gasteiger partial charge < -0.3 is 14.7 Å². The number of benzene rings is 1. The molecule has 38 heavy (non-hydrogen) atoms. The standard InChI is InChI=1S/C26H35FN6O4S/c1-17(2)24(34)31-11-9-30(10-12-31)22-13-20(38(36,37)29-26(4)6-7-26)14-23-21(22)15-28-33(23)19-5-8-32(16-19)25(35)18(3)27/h13-15,17,19,29H,3,5-12,16H2,1-2,4H3. The Labute approximate surface area is 222 Å². The van der Waals surface area contributed by atoms with E-state index in [2.05, 4.69) is 21.3 Å². The van der Waals surface area contributed by atoms with Gasteiger partial charge in [0.15, 0.2) is 5.83 Å². The van der Waals surface area contributed by atoms with E-state index in [0.717, 1.165) is 23.9 Å². The second-order valence-electron chi connectivity index (χ2n) is 11.2. The van der Waals surface area contributed by atoms with E-state index >= 15 is 0 Å². The predicted molar refractivity (Wildman–Crippen MR) is 142 cm³/mol. The number of nitrogens with one attached hydrogen (secondary N) is 1. The molecule has 3 heterocycles. The van der Waals surface area contributed by atoms with Gasteiger partial charge in [-0.05, 0) is 38.3 Å². The maximum Gasteiger partial charge on any atom is 0.282 e. The maximum absolute atomic E-state index is 13.5. The van der Waals surface area contributed by atoms with Crippen LogP contribution in [0.4, 0.5) is 10.1 Å². The number of rotatable bonds is 7. The molecule has 0 bridgehead atoms. The molecule has 2 aliphatic heterocycles. The topological polar surface area (TPSA) is 108 Å². The first-order chi connectivity index (χ1) is 17.9. The number of amides is 2. The van der Waals surface area contributed by atoms with Gasteiger partial charge in [-0.3, -0.25) is 14.3 Å². The zero-order valence-electron chi connectivity index (χ0n) is 22.1. The minimum Gasteiger partial charge on any atom is -0.367 e. The first-order valence-electron chi connectivity index (χ1n) is 13.1. The van der Waals surface area contributed by atoms with Gasteiger partial charge in [-0.25, -0.2) is 17.5 Å². The molecule has 1 aliphatic carbocycles. The van der Waals surface area contributed by atoms with Crippen molar-refractivity contribution < 1.29 is 22.4 Å². The van der Waals surface area contributed by atoms with Crippen LogP contribution in [-0.2, 0) is 19.6 Å². The lowest BCUT2D eigenvalue weighted by atomic mass is 10.1. The third-order valence-corrected chi connectivity index (χ3v) is 9.43. The van der Waals surface area contributed by atoms with Gasteiger partial charge >= 0.3 is 0 Å². The molecule has 1 aromatic heterocycles. The minimum atomic E-state index is -3.81. The fourth-order valence-electron chi connectivity index (χ4n) is 5.31. The molecular weight excluding hydrogens is 511 g/mol. The first-order valence-corrected chi connectivity index (χ1v) is 14.6. The second-order valence-corrected chi connectivity index (χ2v) is 12.9. The average Bonchev–Trinajstić information content (AvgIpc) is 3.25. The zero-order valence-corrected chi connectivity index (χ0v) is 22.9. The van der Waals surface area contributed by atoms with Gasteiger partial charge in [0.1, 0.15) is 0 Å². The molecule has 1 aromatic carbocycles. The highest BCUT2D eigenvalue weighted by Crippen LogP contribution is 2.38. The van der Waals surface area contributed by atoms with Crippen molar-refractivity contribution in [3.8, 4) is 0 Å². The fraction of sp³-hybridized carbons (Fsp3) is 0.577. The Morgan fingerprint density at radius 2 is 1.82 bits per heavy atom. The summed E-state index contributed by atoms with van der Waals surface area (Å²) in [5.74, 6) is -1.70. The van der Waals surface area contributed by atoms with Gasteiger partial charge in [0.2, 0.25) is 15.9 Å². The van der Waals surface area contributed by atoms with Crippen molar-refractivity contribution in [2.24, 2.45) is 5.92 Å². The SMILES string of the molecule is C=C(F)C(=O)N1CCC(n2ncc3c(N4CCN(C(=O)C(C)C)CC4)cc(S(=O)(=O)NC4(C)CC4)cc32)C1. The number of aromatic nitrogens is 2. The van der Waals surface area contributed by atoms with Gasteiger partial charge in [-0.15, -0.1) is 0 Å². The molecule has 0 spiro atoms. The molecule has 5 rings (SSSR count). The normalized spacial score (nSPS) is 21.4. The molecule has 1 N–H and O–H groups in total. The summed E-state index contributed by atoms with van der Waals surface area (Å²) in [6, 6.07) is 3.10. The summed E-state index contributed by atoms with van der Waals surface area (Å²) in [6.07, 6.45) is 3.86. The number of fused-ring (bicyclic) bond motifs is 1. The van der Waals surface area contributed by atoms with Gasteiger partial charge in [0.05, 0.1) is 22.7 Å². The Balaban J connectivity index is 1.51. The molecule has 206 valence electrons. The number of carbonyl (C=O) groups excluding carboxylic acids is 2. The highest BCUT2D eigenvalue weighted by atomic mass is 32.2. The maximum atomic E-state index is 13.5. The van der Waals surface area contributed by atoms with Crippen molar-refractivity contribution in [1.29, 1.82) is 0 Å². The number of piperazine rings is 1. The van der Waals surface area contributed by atoms with Crippen molar-refractivity contribution in [3.63, 3.8) is 0 Å². The smallest absolute Gasteiger partial charge is 0.282 e. The number of carbonyl (C=O) groups is 2. The van der Waals surface area contributed by atoms with E-state index in [-0.39, 0.29) is 29.3 Å². The lowest BCUT2D eigenvalue weighted by Crippen LogP contribution is -2.50. The Kier molecular flexibility index (Phi) is 6.75. The van der Waals surface area contributed by atoms with E-state index in [1.165, 1.54) is 4.90 Å². The summed E-state index contributed by atoms with van der Waals surface area (Å²) < 4.78 is 44.9. The van der Waals surface area contributed by atoms with E-state index in [4.69, 9.17) is 0 Å². The molecule has 10 nitrogen and oxygen atoms in total. The summed E-state index contributed by atoms with van der Waals surface area (Å²) in [6.45, 7) is 11.6. The second kappa shape index (κ2) is 9.64. The van der Waals surface area contributed by atoms with Crippen molar-refractivity contribution in [1.82, 2.24) is 24.3 Å². The molecule has 2 saturated heterocycles. The monoisotopic (exact) mass is 546 g/mol. The Bertz CT molecular complexity index is 1390. The predicted octanol–water partition coefficient (Wildman–Crippen LogP) is 2.43. The number of hydrogen-bond acceptors (Lipinski definition) is 6. The molecule has 1 unspecified atom stereocenters. The third-order valence-electron chi connectivity index (χ3n) is 7.81. The first kappa shape index (κ1) is 26.6. The van der Waals surface area contributed by atoms with Crippen LogP contribution in [0.15, 0.2) is 35.6 Å². The van der Waals surface area contributed by atoms with Crippen LogP contribution in [-0.4, -0.2) is 84.6 Å². The molecule has 12 heteroatoms. The number of halogens is 1. The van der Waals surface area contributed by atoms with E-state index in [1.807, 2.05) is 25.7 Å². The lowest BCUT2D eigenvalue weighted by molar-refractivity contribution is -0.134. The summed E-state index contributed by atoms with van der Waals surface area (Å²) in [5, 5.41) is 5.40. The molecule has 3 fully saturated rings. The Hall–Kier alpha value is -2.99. The van der Waals surface area contributed by atoms with Crippen LogP contribution in [0.1, 0.15) is 46.1 Å². The van der Waals surface area contributed by atoms with Gasteiger partial charge in [0, 0.05) is 61.8 Å². The van der Waals surface area contributed by atoms with Crippen molar-refractivity contribution in [2.45, 2.75) is 56.5 Å². The average molecular weight is 547 g/mol. The molecule has 3 aliphatic rings. The Morgan fingerprint density at radius 1 is 1.13 bits per heavy atom. The number of anilines is 1. The third kappa shape index (κ3) is 5.03. The number of hydrogen-bond donors (Lipinski definition) is 1. The van der Waals surface area contributed by atoms with E-state index < -0.39 is 27.3 Å². The number of likely N-dealkylation sites (tertiary alicyclic amines) is 1. The molecule has 2 aromatic rings. The molecule has 1 saturated carbocycles. The lowest BCUT2D eigenvalue weighted by Gasteiger charge is -2.37. The van der Waals surface area contributed by atoms with E-state index in [1.54, 1.807) is 23.0 Å². The molecular formula is C26H35FN6O4S. The van der Waals surface area contributed by atoms with Gasteiger partial charge in [-0.2, -0.15) is 5.10 Å². The van der Waals surface area contributed by atoms with Crippen LogP contribution < -0.4 is 9.62 Å². The highest BCUT2D eigenvalue weighted by Gasteiger charge is 2.41. The summed E-state index contributed by atoms with van der Waals surface area (Å²) >= 11 is 0. The van der Waals surface area contributed by atoms with Gasteiger partial charge in [0.25, 0.3) is 5.91 Å². The molecule has 0 radical (unpaired) electrons. The van der Waals surface area contributed by atoms with Crippen molar-refractivity contribution in [3.05, 3.63) is 30.7 Å². The van der Waals surface area contributed by atoms with E-state index in [0.29, 0.717) is 44.7 Å². The van der Waals surface area contributed by atoms with Gasteiger partial charge in [-0.1, -0.05) is 20.4 Å². The minimum absolute atomic E-state index is 0.0813. The van der Waals surface area contributed by atoms with Crippen LogP contribution in [0.5, 0.6) is 0 Å². The van der Waals surface area contributed by atoms with Crippen LogP contribution in [0, 0.1) is 5.92 Å². The zero-order chi connectivity index (χ0) is 27.4. The van der Waals surface area contributed by atoms with Crippen molar-refractivity contribution >= 4 is 38.4 Å². The van der Waals surface area contributed by atoms with Crippen molar-refractivity contribution in [2.75, 3.05) is 44.2 Å². The fourth-order valence-corrected chi connectivity index (χ4v) is 6.82. The van der Waals surface area contributed by atoms with Crippen LogP contribution in [0.2, 0.25) is 0 Å². The number of nitrogens with zero attached hydrogens (tertiary/aromatic N) is 5. The summed E-state index contributed by atoms with van der Waals surface area (Å²) in [7, 11) is -3.81. The van der Waals surface area contributed by atoms with Crippen LogP contribution >= 0.6 is 0 Å². The number of sulfonamides is 1. The quantitative estimate of drug-likeness (QED) is 0.535. The molecule has 1 atom stereocenters. The summed E-state index contributed by atoms with van der Waals surface area (Å²) in [5.41, 5.74) is 0.954. The highest BCUT2D eigenvalue weighted by molar-refractivity contribution is 7.89. The van der Waals surface area contributed by atoms with Crippen LogP contribution in [0.3, 0.4) is 0 Å². The molecule has 2 amide bonds. The largest absolute Gasteiger partial charge is 0.367 e. The summed E-state index contributed by atoms with van der Waals surface area (Å²) in [4.78, 5) is 30.1. The van der Waals surface area contributed by atoms with E-state index in [9.17, 15) is 22.4 Å². The van der Waals surface area contributed by atoms with Crippen LogP contribution in [0.25, 0.3) is 10.9 Å². The Morgan fingerprint density at radius 3 is 2.42 bits per heavy atom.